The first kappa shape index (κ1) is 13.4. The predicted molar refractivity (Wildman–Crippen MR) is 63.2 cm³/mol. The first-order valence-electron chi connectivity index (χ1n) is 5.78. The molecule has 0 aromatic heterocycles. The molecule has 0 saturated carbocycles. The Labute approximate surface area is 97.4 Å². The van der Waals surface area contributed by atoms with Crippen LogP contribution < -0.4 is 5.32 Å². The Morgan fingerprint density at radius 3 is 2.50 bits per heavy atom. The molecule has 1 saturated heterocycles. The Morgan fingerprint density at radius 2 is 2.00 bits per heavy atom. The van der Waals surface area contributed by atoms with E-state index in [1.807, 2.05) is 13.8 Å². The van der Waals surface area contributed by atoms with Gasteiger partial charge in [-0.15, -0.1) is 0 Å². The van der Waals surface area contributed by atoms with E-state index in [2.05, 4.69) is 10.2 Å². The van der Waals surface area contributed by atoms with Crippen LogP contribution in [0.3, 0.4) is 0 Å². The summed E-state index contributed by atoms with van der Waals surface area (Å²) in [5.74, 6) is 0.0703. The van der Waals surface area contributed by atoms with Crippen LogP contribution in [0.15, 0.2) is 0 Å². The number of rotatable bonds is 4. The van der Waals surface area contributed by atoms with Crippen molar-refractivity contribution in [1.29, 1.82) is 0 Å². The molecule has 1 aliphatic heterocycles. The molecule has 0 bridgehead atoms. The number of hydrogen-bond donors (Lipinski definition) is 2. The van der Waals surface area contributed by atoms with Crippen molar-refractivity contribution in [1.82, 2.24) is 15.1 Å². The first-order chi connectivity index (χ1) is 7.47. The Bertz CT molecular complexity index is 237. The van der Waals surface area contributed by atoms with Crippen molar-refractivity contribution in [2.75, 3.05) is 46.4 Å². The molecule has 1 rings (SSSR count). The number of nitrogens with zero attached hydrogens (tertiary/aromatic N) is 2. The summed E-state index contributed by atoms with van der Waals surface area (Å²) >= 11 is 0. The van der Waals surface area contributed by atoms with Gasteiger partial charge in [-0.3, -0.25) is 9.69 Å². The highest BCUT2D eigenvalue weighted by molar-refractivity contribution is 5.78. The van der Waals surface area contributed by atoms with Crippen LogP contribution in [-0.4, -0.2) is 72.7 Å². The van der Waals surface area contributed by atoms with Crippen LogP contribution in [0.4, 0.5) is 0 Å². The fourth-order valence-electron chi connectivity index (χ4n) is 1.61. The SMILES string of the molecule is CN(C(=O)CN1CCNCC1)C(C)(C)CO. The molecule has 5 heteroatoms. The Kier molecular flexibility index (Phi) is 4.70. The molecule has 0 aromatic carbocycles. The monoisotopic (exact) mass is 229 g/mol. The van der Waals surface area contributed by atoms with E-state index in [0.29, 0.717) is 6.54 Å². The lowest BCUT2D eigenvalue weighted by atomic mass is 10.1. The Hall–Kier alpha value is -0.650. The number of piperazine rings is 1. The van der Waals surface area contributed by atoms with Crippen molar-refractivity contribution in [3.8, 4) is 0 Å². The minimum Gasteiger partial charge on any atom is -0.394 e. The van der Waals surface area contributed by atoms with E-state index in [0.717, 1.165) is 26.2 Å². The van der Waals surface area contributed by atoms with Gasteiger partial charge in [0.2, 0.25) is 5.91 Å². The number of aliphatic hydroxyl groups is 1. The molecule has 0 radical (unpaired) electrons. The second-order valence-electron chi connectivity index (χ2n) is 4.95. The molecule has 0 atom stereocenters. The summed E-state index contributed by atoms with van der Waals surface area (Å²) in [5, 5.41) is 12.5. The molecule has 94 valence electrons. The number of carbonyl (C=O) groups is 1. The quantitative estimate of drug-likeness (QED) is 0.657. The second-order valence-corrected chi connectivity index (χ2v) is 4.95. The van der Waals surface area contributed by atoms with Gasteiger partial charge in [-0.2, -0.15) is 0 Å². The van der Waals surface area contributed by atoms with Gasteiger partial charge in [0.15, 0.2) is 0 Å². The molecular formula is C11H23N3O2. The molecule has 5 nitrogen and oxygen atoms in total. The lowest BCUT2D eigenvalue weighted by Crippen LogP contribution is -2.53. The highest BCUT2D eigenvalue weighted by Crippen LogP contribution is 2.11. The molecule has 1 amide bonds. The van der Waals surface area contributed by atoms with Gasteiger partial charge in [0.25, 0.3) is 0 Å². The summed E-state index contributed by atoms with van der Waals surface area (Å²) in [6.45, 7) is 7.88. The summed E-state index contributed by atoms with van der Waals surface area (Å²) < 4.78 is 0. The molecule has 16 heavy (non-hydrogen) atoms. The maximum Gasteiger partial charge on any atom is 0.237 e. The molecule has 0 aliphatic carbocycles. The van der Waals surface area contributed by atoms with E-state index in [1.54, 1.807) is 11.9 Å². The van der Waals surface area contributed by atoms with Crippen molar-refractivity contribution in [3.63, 3.8) is 0 Å². The number of carbonyl (C=O) groups excluding carboxylic acids is 1. The van der Waals surface area contributed by atoms with Crippen LogP contribution in [0.5, 0.6) is 0 Å². The molecule has 0 aromatic rings. The summed E-state index contributed by atoms with van der Waals surface area (Å²) in [7, 11) is 1.75. The van der Waals surface area contributed by atoms with Crippen LogP contribution in [0.25, 0.3) is 0 Å². The summed E-state index contributed by atoms with van der Waals surface area (Å²) in [6.07, 6.45) is 0. The second kappa shape index (κ2) is 5.61. The van der Waals surface area contributed by atoms with E-state index in [9.17, 15) is 9.90 Å². The van der Waals surface area contributed by atoms with Gasteiger partial charge in [0.1, 0.15) is 0 Å². The number of nitrogens with one attached hydrogen (secondary N) is 1. The minimum absolute atomic E-state index is 0.0171. The lowest BCUT2D eigenvalue weighted by Gasteiger charge is -2.36. The topological polar surface area (TPSA) is 55.8 Å². The number of aliphatic hydroxyl groups excluding tert-OH is 1. The van der Waals surface area contributed by atoms with Crippen molar-refractivity contribution in [2.24, 2.45) is 0 Å². The van der Waals surface area contributed by atoms with E-state index < -0.39 is 5.54 Å². The average Bonchev–Trinajstić information content (AvgIpc) is 2.29. The Balaban J connectivity index is 2.44. The van der Waals surface area contributed by atoms with Gasteiger partial charge < -0.3 is 15.3 Å². The minimum atomic E-state index is -0.481. The van der Waals surface area contributed by atoms with E-state index in [-0.39, 0.29) is 12.5 Å². The summed E-state index contributed by atoms with van der Waals surface area (Å²) in [5.41, 5.74) is -0.481. The van der Waals surface area contributed by atoms with Gasteiger partial charge in [0.05, 0.1) is 18.7 Å². The Morgan fingerprint density at radius 1 is 1.44 bits per heavy atom. The highest BCUT2D eigenvalue weighted by atomic mass is 16.3. The van der Waals surface area contributed by atoms with Crippen LogP contribution in [-0.2, 0) is 4.79 Å². The fraction of sp³-hybridized carbons (Fsp3) is 0.909. The standard InChI is InChI=1S/C11H23N3O2/c1-11(2,9-15)13(3)10(16)8-14-6-4-12-5-7-14/h12,15H,4-9H2,1-3H3. The summed E-state index contributed by atoms with van der Waals surface area (Å²) in [4.78, 5) is 15.7. The van der Waals surface area contributed by atoms with Crippen molar-refractivity contribution in [2.45, 2.75) is 19.4 Å². The van der Waals surface area contributed by atoms with Crippen molar-refractivity contribution < 1.29 is 9.90 Å². The number of likely N-dealkylation sites (N-methyl/N-ethyl adjacent to an activating group) is 1. The number of hydrogen-bond acceptors (Lipinski definition) is 4. The zero-order valence-corrected chi connectivity index (χ0v) is 10.5. The van der Waals surface area contributed by atoms with Gasteiger partial charge in [0, 0.05) is 33.2 Å². The smallest absolute Gasteiger partial charge is 0.237 e. The summed E-state index contributed by atoms with van der Waals surface area (Å²) in [6, 6.07) is 0. The van der Waals surface area contributed by atoms with Crippen LogP contribution in [0, 0.1) is 0 Å². The van der Waals surface area contributed by atoms with Crippen LogP contribution >= 0.6 is 0 Å². The van der Waals surface area contributed by atoms with Crippen molar-refractivity contribution >= 4 is 5.91 Å². The lowest BCUT2D eigenvalue weighted by molar-refractivity contribution is -0.137. The molecule has 2 N–H and O–H groups in total. The third kappa shape index (κ3) is 3.43. The van der Waals surface area contributed by atoms with Crippen LogP contribution in [0.2, 0.25) is 0 Å². The molecule has 1 heterocycles. The van der Waals surface area contributed by atoms with Gasteiger partial charge in [-0.05, 0) is 13.8 Å². The normalized spacial score (nSPS) is 18.5. The fourth-order valence-corrected chi connectivity index (χ4v) is 1.61. The molecule has 0 unspecified atom stereocenters. The predicted octanol–water partition coefficient (Wildman–Crippen LogP) is -0.879. The molecule has 1 aliphatic rings. The third-order valence-electron chi connectivity index (χ3n) is 3.24. The van der Waals surface area contributed by atoms with Gasteiger partial charge in [-0.25, -0.2) is 0 Å². The van der Waals surface area contributed by atoms with Gasteiger partial charge in [-0.1, -0.05) is 0 Å². The van der Waals surface area contributed by atoms with Gasteiger partial charge >= 0.3 is 0 Å². The zero-order valence-electron chi connectivity index (χ0n) is 10.5. The maximum absolute atomic E-state index is 12.0. The van der Waals surface area contributed by atoms with E-state index in [4.69, 9.17) is 0 Å². The van der Waals surface area contributed by atoms with Crippen LogP contribution in [0.1, 0.15) is 13.8 Å². The highest BCUT2D eigenvalue weighted by Gasteiger charge is 2.27. The largest absolute Gasteiger partial charge is 0.394 e. The van der Waals surface area contributed by atoms with E-state index in [1.165, 1.54) is 0 Å². The zero-order chi connectivity index (χ0) is 12.2. The molecule has 1 fully saturated rings. The molecular weight excluding hydrogens is 206 g/mol. The van der Waals surface area contributed by atoms with E-state index >= 15 is 0 Å². The molecule has 0 spiro atoms. The van der Waals surface area contributed by atoms with Crippen molar-refractivity contribution in [3.05, 3.63) is 0 Å². The maximum atomic E-state index is 12.0. The third-order valence-corrected chi connectivity index (χ3v) is 3.24. The first-order valence-corrected chi connectivity index (χ1v) is 5.78. The number of amides is 1. The average molecular weight is 229 g/mol.